The number of aliphatic imine (C=N–C) groups is 1. The molecule has 0 aliphatic heterocycles. The Labute approximate surface area is 152 Å². The van der Waals surface area contributed by atoms with Crippen molar-refractivity contribution < 1.29 is 18.9 Å². The zero-order chi connectivity index (χ0) is 18.7. The number of benzene rings is 1. The molecular formula is C19H24FN4O2+. The molecular weight excluding hydrogens is 335 g/mol. The van der Waals surface area contributed by atoms with Crippen LogP contribution >= 0.6 is 0 Å². The molecule has 0 radical (unpaired) electrons. The molecule has 6 nitrogen and oxygen atoms in total. The van der Waals surface area contributed by atoms with Crippen LogP contribution in [0.4, 0.5) is 10.2 Å². The van der Waals surface area contributed by atoms with Crippen LogP contribution in [0.3, 0.4) is 0 Å². The van der Waals surface area contributed by atoms with E-state index in [0.29, 0.717) is 34.6 Å². The molecule has 0 amide bonds. The smallest absolute Gasteiger partial charge is 0.286 e. The third-order valence-electron chi connectivity index (χ3n) is 4.79. The van der Waals surface area contributed by atoms with Gasteiger partial charge in [0.2, 0.25) is 5.82 Å². The SMILES string of the molecule is C=Nc1cc(-c2ccc(F)cc2OC)[nH][n+]1C(=C)N[C@H]1CC[C@@H](CO)C1. The van der Waals surface area contributed by atoms with E-state index in [1.54, 1.807) is 16.8 Å². The highest BCUT2D eigenvalue weighted by molar-refractivity contribution is 5.68. The van der Waals surface area contributed by atoms with Crippen LogP contribution in [0.25, 0.3) is 17.1 Å². The minimum absolute atomic E-state index is 0.217. The van der Waals surface area contributed by atoms with Crippen LogP contribution in [0.1, 0.15) is 19.3 Å². The third kappa shape index (κ3) is 3.62. The van der Waals surface area contributed by atoms with Crippen molar-refractivity contribution in [3.8, 4) is 17.0 Å². The summed E-state index contributed by atoms with van der Waals surface area (Å²) in [5.74, 6) is 1.63. The first-order valence-electron chi connectivity index (χ1n) is 8.58. The van der Waals surface area contributed by atoms with Gasteiger partial charge in [-0.05, 0) is 43.9 Å². The molecule has 0 unspecified atom stereocenters. The van der Waals surface area contributed by atoms with E-state index in [4.69, 9.17) is 4.74 Å². The summed E-state index contributed by atoms with van der Waals surface area (Å²) in [5, 5.41) is 15.9. The van der Waals surface area contributed by atoms with Crippen LogP contribution in [-0.2, 0) is 0 Å². The van der Waals surface area contributed by atoms with Gasteiger partial charge >= 0.3 is 0 Å². The number of aromatic nitrogens is 2. The summed E-state index contributed by atoms with van der Waals surface area (Å²) in [6.07, 6.45) is 2.90. The zero-order valence-electron chi connectivity index (χ0n) is 14.8. The molecule has 0 spiro atoms. The molecule has 138 valence electrons. The lowest BCUT2D eigenvalue weighted by Crippen LogP contribution is -2.43. The Morgan fingerprint density at radius 3 is 2.92 bits per heavy atom. The monoisotopic (exact) mass is 359 g/mol. The summed E-state index contributed by atoms with van der Waals surface area (Å²) in [5.41, 5.74) is 1.43. The molecule has 1 saturated carbocycles. The van der Waals surface area contributed by atoms with E-state index in [-0.39, 0.29) is 18.5 Å². The number of hydrogen-bond donors (Lipinski definition) is 3. The fourth-order valence-corrected chi connectivity index (χ4v) is 3.42. The van der Waals surface area contributed by atoms with Crippen LogP contribution in [0.15, 0.2) is 35.8 Å². The van der Waals surface area contributed by atoms with Gasteiger partial charge in [-0.2, -0.15) is 0 Å². The summed E-state index contributed by atoms with van der Waals surface area (Å²) < 4.78 is 20.4. The van der Waals surface area contributed by atoms with Gasteiger partial charge in [-0.1, -0.05) is 0 Å². The van der Waals surface area contributed by atoms with E-state index in [2.05, 4.69) is 28.7 Å². The summed E-state index contributed by atoms with van der Waals surface area (Å²) in [6, 6.07) is 6.43. The Bertz CT molecular complexity index is 818. The van der Waals surface area contributed by atoms with Crippen LogP contribution in [0, 0.1) is 11.7 Å². The molecule has 1 aromatic heterocycles. The number of halogens is 1. The topological polar surface area (TPSA) is 73.5 Å². The number of ether oxygens (including phenoxy) is 1. The van der Waals surface area contributed by atoms with Crippen molar-refractivity contribution in [2.75, 3.05) is 13.7 Å². The number of aromatic amines is 1. The number of aliphatic hydroxyl groups excluding tert-OH is 1. The Hall–Kier alpha value is -2.67. The molecule has 1 fully saturated rings. The maximum absolute atomic E-state index is 13.5. The molecule has 0 saturated heterocycles. The van der Waals surface area contributed by atoms with Gasteiger partial charge in [0.1, 0.15) is 11.6 Å². The number of nitrogens with one attached hydrogen (secondary N) is 2. The maximum atomic E-state index is 13.5. The normalized spacial score (nSPS) is 19.3. The molecule has 3 N–H and O–H groups in total. The molecule has 2 atom stereocenters. The van der Waals surface area contributed by atoms with Gasteiger partial charge in [-0.15, -0.1) is 9.67 Å². The van der Waals surface area contributed by atoms with E-state index >= 15 is 0 Å². The fourth-order valence-electron chi connectivity index (χ4n) is 3.42. The second-order valence-electron chi connectivity index (χ2n) is 6.52. The predicted molar refractivity (Wildman–Crippen MR) is 98.8 cm³/mol. The van der Waals surface area contributed by atoms with Crippen LogP contribution in [0.2, 0.25) is 0 Å². The summed E-state index contributed by atoms with van der Waals surface area (Å²) in [7, 11) is 1.50. The molecule has 7 heteroatoms. The van der Waals surface area contributed by atoms with Crippen molar-refractivity contribution in [1.82, 2.24) is 10.4 Å². The van der Waals surface area contributed by atoms with E-state index in [9.17, 15) is 9.50 Å². The van der Waals surface area contributed by atoms with Crippen LogP contribution < -0.4 is 14.7 Å². The number of rotatable bonds is 7. The van der Waals surface area contributed by atoms with Gasteiger partial charge in [0.15, 0.2) is 0 Å². The molecule has 0 bridgehead atoms. The van der Waals surface area contributed by atoms with Crippen molar-refractivity contribution in [1.29, 1.82) is 0 Å². The largest absolute Gasteiger partial charge is 0.496 e. The van der Waals surface area contributed by atoms with Crippen LogP contribution in [-0.4, -0.2) is 36.7 Å². The third-order valence-corrected chi connectivity index (χ3v) is 4.79. The van der Waals surface area contributed by atoms with E-state index in [0.717, 1.165) is 19.3 Å². The first kappa shape index (κ1) is 18.1. The second-order valence-corrected chi connectivity index (χ2v) is 6.52. The van der Waals surface area contributed by atoms with Crippen LogP contribution in [0.5, 0.6) is 5.75 Å². The van der Waals surface area contributed by atoms with E-state index < -0.39 is 0 Å². The van der Waals surface area contributed by atoms with E-state index in [1.807, 2.05) is 0 Å². The Morgan fingerprint density at radius 1 is 1.46 bits per heavy atom. The number of aliphatic hydroxyl groups is 1. The first-order valence-corrected chi connectivity index (χ1v) is 8.58. The quantitative estimate of drug-likeness (QED) is 0.526. The summed E-state index contributed by atoms with van der Waals surface area (Å²) in [4.78, 5) is 4.04. The standard InChI is InChI=1S/C19H23FN4O2/c1-12(22-15-6-4-13(8-15)11-25)24-19(21-2)10-17(23-24)16-7-5-14(20)9-18(16)26-3/h5,7,9-10,13,15,22,25H,1-2,4,6,8,11H2,3H3/p+1/t13-,15+/m1/s1. The number of nitrogens with zero attached hydrogens (tertiary/aromatic N) is 2. The highest BCUT2D eigenvalue weighted by atomic mass is 19.1. The molecule has 1 aliphatic rings. The molecule has 1 aromatic carbocycles. The van der Waals surface area contributed by atoms with Crippen molar-refractivity contribution in [2.24, 2.45) is 10.9 Å². The second kappa shape index (κ2) is 7.70. The molecule has 1 heterocycles. The van der Waals surface area contributed by atoms with Crippen molar-refractivity contribution in [3.05, 3.63) is 36.7 Å². The number of methoxy groups -OCH3 is 1. The van der Waals surface area contributed by atoms with Crippen molar-refractivity contribution >= 4 is 18.4 Å². The van der Waals surface area contributed by atoms with E-state index in [1.165, 1.54) is 19.2 Å². The fraction of sp³-hybridized carbons (Fsp3) is 0.368. The highest BCUT2D eigenvalue weighted by Crippen LogP contribution is 2.31. The number of hydrogen-bond acceptors (Lipinski definition) is 4. The average molecular weight is 359 g/mol. The van der Waals surface area contributed by atoms with Crippen molar-refractivity contribution in [2.45, 2.75) is 25.3 Å². The molecule has 1 aliphatic carbocycles. The molecule has 2 aromatic rings. The lowest BCUT2D eigenvalue weighted by atomic mass is 10.1. The molecule has 26 heavy (non-hydrogen) atoms. The van der Waals surface area contributed by atoms with Gasteiger partial charge in [0.25, 0.3) is 5.82 Å². The van der Waals surface area contributed by atoms with Gasteiger partial charge in [-0.25, -0.2) is 9.49 Å². The molecule has 3 rings (SSSR count). The first-order chi connectivity index (χ1) is 12.5. The summed E-state index contributed by atoms with van der Waals surface area (Å²) in [6.45, 7) is 7.92. The van der Waals surface area contributed by atoms with Crippen molar-refractivity contribution in [3.63, 3.8) is 0 Å². The Kier molecular flexibility index (Phi) is 5.37. The Morgan fingerprint density at radius 2 is 2.27 bits per heavy atom. The van der Waals surface area contributed by atoms with Gasteiger partial charge in [-0.3, -0.25) is 0 Å². The minimum atomic E-state index is -0.363. The van der Waals surface area contributed by atoms with Gasteiger partial charge < -0.3 is 15.2 Å². The number of H-pyrrole nitrogens is 1. The van der Waals surface area contributed by atoms with Gasteiger partial charge in [0.05, 0.1) is 25.6 Å². The minimum Gasteiger partial charge on any atom is -0.496 e. The Balaban J connectivity index is 1.85. The average Bonchev–Trinajstić information content (AvgIpc) is 3.28. The van der Waals surface area contributed by atoms with Gasteiger partial charge in [0, 0.05) is 24.3 Å². The predicted octanol–water partition coefficient (Wildman–Crippen LogP) is 2.63. The lowest BCUT2D eigenvalue weighted by Gasteiger charge is -2.11. The highest BCUT2D eigenvalue weighted by Gasteiger charge is 2.28. The zero-order valence-corrected chi connectivity index (χ0v) is 14.8. The summed E-state index contributed by atoms with van der Waals surface area (Å²) >= 11 is 0. The maximum Gasteiger partial charge on any atom is 0.286 e. The lowest BCUT2D eigenvalue weighted by molar-refractivity contribution is -0.631.